The fourth-order valence-corrected chi connectivity index (χ4v) is 4.46. The molecule has 1 aliphatic heterocycles. The van der Waals surface area contributed by atoms with E-state index in [4.69, 9.17) is 9.47 Å². The van der Waals surface area contributed by atoms with E-state index in [9.17, 15) is 0 Å². The van der Waals surface area contributed by atoms with Gasteiger partial charge in [0.05, 0.1) is 24.2 Å². The van der Waals surface area contributed by atoms with Gasteiger partial charge in [-0.3, -0.25) is 9.88 Å². The van der Waals surface area contributed by atoms with E-state index in [1.807, 2.05) is 31.4 Å². The third-order valence-electron chi connectivity index (χ3n) is 5.99. The molecule has 1 aliphatic rings. The van der Waals surface area contributed by atoms with Gasteiger partial charge in [0, 0.05) is 55.2 Å². The van der Waals surface area contributed by atoms with E-state index in [1.165, 1.54) is 0 Å². The predicted molar refractivity (Wildman–Crippen MR) is 113 cm³/mol. The van der Waals surface area contributed by atoms with Crippen LogP contribution in [-0.4, -0.2) is 53.9 Å². The van der Waals surface area contributed by atoms with Crippen molar-refractivity contribution < 1.29 is 13.9 Å². The molecule has 0 spiro atoms. The van der Waals surface area contributed by atoms with Crippen molar-refractivity contribution in [1.82, 2.24) is 14.5 Å². The second-order valence-electron chi connectivity index (χ2n) is 7.63. The number of benzene rings is 2. The molecule has 0 bridgehead atoms. The van der Waals surface area contributed by atoms with E-state index < -0.39 is 0 Å². The maximum Gasteiger partial charge on any atom is 0.175 e. The van der Waals surface area contributed by atoms with E-state index in [1.54, 1.807) is 12.3 Å². The molecule has 0 saturated carbocycles. The highest BCUT2D eigenvalue weighted by molar-refractivity contribution is 6.14. The maximum atomic E-state index is 15.5. The van der Waals surface area contributed by atoms with Crippen molar-refractivity contribution in [2.45, 2.75) is 6.92 Å². The molecule has 0 N–H and O–H groups in total. The van der Waals surface area contributed by atoms with Crippen molar-refractivity contribution in [1.29, 1.82) is 0 Å². The van der Waals surface area contributed by atoms with Crippen molar-refractivity contribution in [3.63, 3.8) is 0 Å². The molecule has 0 aliphatic carbocycles. The van der Waals surface area contributed by atoms with E-state index in [0.29, 0.717) is 17.7 Å². The minimum absolute atomic E-state index is 0.294. The lowest BCUT2D eigenvalue weighted by Crippen LogP contribution is -2.38. The molecule has 0 radical (unpaired) electrons. The maximum absolute atomic E-state index is 15.5. The second-order valence-corrected chi connectivity index (χ2v) is 7.63. The molecule has 6 heteroatoms. The van der Waals surface area contributed by atoms with Gasteiger partial charge < -0.3 is 14.0 Å². The quantitative estimate of drug-likeness (QED) is 0.525. The molecule has 1 saturated heterocycles. The van der Waals surface area contributed by atoms with Crippen LogP contribution >= 0.6 is 0 Å². The summed E-state index contributed by atoms with van der Waals surface area (Å²) in [6, 6.07) is 7.74. The molecule has 0 atom stereocenters. The van der Waals surface area contributed by atoms with E-state index >= 15 is 4.39 Å². The number of morpholine rings is 1. The number of hydrogen-bond donors (Lipinski definition) is 0. The number of pyridine rings is 1. The van der Waals surface area contributed by atoms with Crippen LogP contribution in [0.2, 0.25) is 0 Å². The van der Waals surface area contributed by atoms with Crippen LogP contribution in [0.15, 0.2) is 36.7 Å². The highest BCUT2D eigenvalue weighted by Gasteiger charge is 2.19. The number of aromatic nitrogens is 2. The number of hydrogen-bond acceptors (Lipinski definition) is 4. The Morgan fingerprint density at radius 3 is 2.83 bits per heavy atom. The molecule has 1 fully saturated rings. The van der Waals surface area contributed by atoms with Crippen LogP contribution in [0.25, 0.3) is 32.6 Å². The predicted octanol–water partition coefficient (Wildman–Crippen LogP) is 4.04. The van der Waals surface area contributed by atoms with Gasteiger partial charge in [0.15, 0.2) is 11.6 Å². The van der Waals surface area contributed by atoms with Crippen molar-refractivity contribution in [2.24, 2.45) is 7.05 Å². The number of nitrogens with zero attached hydrogens (tertiary/aromatic N) is 3. The van der Waals surface area contributed by atoms with E-state index in [-0.39, 0.29) is 5.82 Å². The summed E-state index contributed by atoms with van der Waals surface area (Å²) in [6.45, 7) is 6.60. The van der Waals surface area contributed by atoms with Gasteiger partial charge in [-0.05, 0) is 42.1 Å². The number of rotatable bonds is 4. The summed E-state index contributed by atoms with van der Waals surface area (Å²) in [6.07, 6.45) is 3.63. The molecule has 4 aromatic rings. The van der Waals surface area contributed by atoms with Gasteiger partial charge in [0.2, 0.25) is 0 Å². The van der Waals surface area contributed by atoms with Gasteiger partial charge in [0.1, 0.15) is 6.61 Å². The summed E-state index contributed by atoms with van der Waals surface area (Å²) in [5.74, 6) is 0.0138. The Balaban J connectivity index is 1.56. The molecular formula is C23H24FN3O2. The smallest absolute Gasteiger partial charge is 0.175 e. The molecule has 0 amide bonds. The summed E-state index contributed by atoms with van der Waals surface area (Å²) in [7, 11) is 1.99. The molecule has 5 rings (SSSR count). The zero-order valence-electron chi connectivity index (χ0n) is 16.7. The van der Waals surface area contributed by atoms with Crippen molar-refractivity contribution in [3.8, 4) is 5.75 Å². The van der Waals surface area contributed by atoms with Crippen molar-refractivity contribution in [2.75, 3.05) is 39.5 Å². The number of fused-ring (bicyclic) bond motifs is 4. The van der Waals surface area contributed by atoms with Crippen LogP contribution in [0.1, 0.15) is 5.56 Å². The van der Waals surface area contributed by atoms with Gasteiger partial charge in [-0.1, -0.05) is 0 Å². The Bertz CT molecular complexity index is 1210. The number of aryl methyl sites for hydroxylation is 2. The Morgan fingerprint density at radius 1 is 1.17 bits per heavy atom. The minimum Gasteiger partial charge on any atom is -0.489 e. The average Bonchev–Trinajstić information content (AvgIpc) is 3.03. The van der Waals surface area contributed by atoms with Gasteiger partial charge in [-0.15, -0.1) is 0 Å². The van der Waals surface area contributed by atoms with Crippen LogP contribution in [-0.2, 0) is 11.8 Å². The Labute approximate surface area is 168 Å². The summed E-state index contributed by atoms with van der Waals surface area (Å²) in [4.78, 5) is 6.51. The van der Waals surface area contributed by atoms with Crippen LogP contribution in [0, 0.1) is 12.7 Å². The van der Waals surface area contributed by atoms with Crippen LogP contribution in [0.5, 0.6) is 5.75 Å². The Hall–Kier alpha value is -2.70. The lowest BCUT2D eigenvalue weighted by atomic mass is 10.0. The lowest BCUT2D eigenvalue weighted by Gasteiger charge is -2.26. The topological polar surface area (TPSA) is 39.5 Å². The second kappa shape index (κ2) is 7.28. The first-order valence-electron chi connectivity index (χ1n) is 10.0. The fraction of sp³-hybridized carbons (Fsp3) is 0.348. The standard InChI is InChI=1S/C23H24FN3O2/c1-15-17-5-6-25-14-16(17)13-18-21-19(26(2)23(15)18)3-4-20(22(21)24)29-12-9-27-7-10-28-11-8-27/h3-6,13-14H,7-12H2,1-2H3. The third-order valence-corrected chi connectivity index (χ3v) is 5.99. The third kappa shape index (κ3) is 3.03. The highest BCUT2D eigenvalue weighted by atomic mass is 19.1. The average molecular weight is 393 g/mol. The van der Waals surface area contributed by atoms with Crippen LogP contribution in [0.4, 0.5) is 4.39 Å². The zero-order valence-corrected chi connectivity index (χ0v) is 16.7. The SMILES string of the molecule is Cc1c2ccncc2cc2c3c(F)c(OCCN4CCOCC4)ccc3n(C)c12. The number of ether oxygens (including phenoxy) is 2. The molecule has 0 unspecified atom stereocenters. The Morgan fingerprint density at radius 2 is 2.00 bits per heavy atom. The normalized spacial score (nSPS) is 15.6. The molecular weight excluding hydrogens is 369 g/mol. The van der Waals surface area contributed by atoms with Crippen LogP contribution < -0.4 is 4.74 Å². The molecule has 2 aromatic heterocycles. The fourth-order valence-electron chi connectivity index (χ4n) is 4.46. The lowest BCUT2D eigenvalue weighted by molar-refractivity contribution is 0.0320. The zero-order chi connectivity index (χ0) is 20.0. The monoisotopic (exact) mass is 393 g/mol. The highest BCUT2D eigenvalue weighted by Crippen LogP contribution is 2.38. The molecule has 150 valence electrons. The number of halogens is 1. The largest absolute Gasteiger partial charge is 0.489 e. The van der Waals surface area contributed by atoms with Gasteiger partial charge >= 0.3 is 0 Å². The van der Waals surface area contributed by atoms with E-state index in [2.05, 4.69) is 21.4 Å². The van der Waals surface area contributed by atoms with Gasteiger partial charge in [-0.2, -0.15) is 0 Å². The van der Waals surface area contributed by atoms with Crippen molar-refractivity contribution >= 4 is 32.6 Å². The molecule has 3 heterocycles. The summed E-state index contributed by atoms with van der Waals surface area (Å²) in [5.41, 5.74) is 3.04. The van der Waals surface area contributed by atoms with Gasteiger partial charge in [0.25, 0.3) is 0 Å². The van der Waals surface area contributed by atoms with Crippen LogP contribution in [0.3, 0.4) is 0 Å². The first-order valence-corrected chi connectivity index (χ1v) is 10.0. The van der Waals surface area contributed by atoms with E-state index in [0.717, 1.165) is 65.6 Å². The Kier molecular flexibility index (Phi) is 4.60. The molecule has 2 aromatic carbocycles. The first-order chi connectivity index (χ1) is 14.1. The summed E-state index contributed by atoms with van der Waals surface area (Å²) in [5, 5.41) is 3.67. The minimum atomic E-state index is -0.294. The molecule has 29 heavy (non-hydrogen) atoms. The summed E-state index contributed by atoms with van der Waals surface area (Å²) < 4.78 is 28.8. The first kappa shape index (κ1) is 18.3. The van der Waals surface area contributed by atoms with Crippen molar-refractivity contribution in [3.05, 3.63) is 48.0 Å². The summed E-state index contributed by atoms with van der Waals surface area (Å²) >= 11 is 0. The molecule has 5 nitrogen and oxygen atoms in total. The van der Waals surface area contributed by atoms with Gasteiger partial charge in [-0.25, -0.2) is 4.39 Å².